The molecule has 1 aromatic heterocycles. The van der Waals surface area contributed by atoms with Crippen LogP contribution in [0, 0.1) is 6.92 Å². The molecular weight excluding hydrogens is 268 g/mol. The molecular formula is C16H20N2OS. The van der Waals surface area contributed by atoms with Gasteiger partial charge in [-0.15, -0.1) is 11.3 Å². The first kappa shape index (κ1) is 13.6. The molecule has 0 bridgehead atoms. The molecule has 0 atom stereocenters. The van der Waals surface area contributed by atoms with Gasteiger partial charge in [-0.05, 0) is 38.8 Å². The third-order valence-corrected chi connectivity index (χ3v) is 4.42. The van der Waals surface area contributed by atoms with Crippen LogP contribution in [0.4, 0.5) is 5.69 Å². The predicted octanol–water partition coefficient (Wildman–Crippen LogP) is 4.10. The van der Waals surface area contributed by atoms with Crippen molar-refractivity contribution in [2.45, 2.75) is 38.8 Å². The molecule has 3 rings (SSSR count). The fourth-order valence-corrected chi connectivity index (χ4v) is 3.18. The summed E-state index contributed by atoms with van der Waals surface area (Å²) < 4.78 is 5.59. The fourth-order valence-electron chi connectivity index (χ4n) is 2.56. The molecule has 0 unspecified atom stereocenters. The van der Waals surface area contributed by atoms with E-state index < -0.39 is 0 Å². The molecule has 1 fully saturated rings. The van der Waals surface area contributed by atoms with E-state index in [1.807, 2.05) is 6.92 Å². The molecule has 1 N–H and O–H groups in total. The summed E-state index contributed by atoms with van der Waals surface area (Å²) in [7, 11) is 0. The average molecular weight is 288 g/mol. The lowest BCUT2D eigenvalue weighted by Crippen LogP contribution is -2.40. The highest BCUT2D eigenvalue weighted by Gasteiger charge is 2.29. The van der Waals surface area contributed by atoms with Crippen molar-refractivity contribution in [2.24, 2.45) is 0 Å². The number of hydrogen-bond acceptors (Lipinski definition) is 4. The number of anilines is 1. The highest BCUT2D eigenvalue weighted by Crippen LogP contribution is 2.29. The molecule has 0 amide bonds. The van der Waals surface area contributed by atoms with Crippen LogP contribution in [-0.2, 0) is 4.74 Å². The quantitative estimate of drug-likeness (QED) is 0.899. The van der Waals surface area contributed by atoms with E-state index in [-0.39, 0.29) is 0 Å². The second kappa shape index (κ2) is 5.94. The van der Waals surface area contributed by atoms with E-state index in [9.17, 15) is 0 Å². The molecule has 3 nitrogen and oxygen atoms in total. The van der Waals surface area contributed by atoms with Gasteiger partial charge in [-0.25, -0.2) is 4.98 Å². The summed E-state index contributed by atoms with van der Waals surface area (Å²) in [6.45, 7) is 4.91. The van der Waals surface area contributed by atoms with Gasteiger partial charge in [0, 0.05) is 29.3 Å². The normalized spacial score (nSPS) is 21.5. The third-order valence-electron chi connectivity index (χ3n) is 3.65. The van der Waals surface area contributed by atoms with E-state index in [2.05, 4.69) is 46.9 Å². The van der Waals surface area contributed by atoms with Crippen LogP contribution in [0.2, 0.25) is 0 Å². The lowest BCUT2D eigenvalue weighted by atomic mass is 9.89. The molecule has 1 aromatic carbocycles. The number of hydrogen-bond donors (Lipinski definition) is 1. The largest absolute Gasteiger partial charge is 0.382 e. The fraction of sp³-hybridized carbons (Fsp3) is 0.438. The smallest absolute Gasteiger partial charge is 0.0901 e. The Morgan fingerprint density at radius 1 is 1.40 bits per heavy atom. The van der Waals surface area contributed by atoms with Gasteiger partial charge in [0.05, 0.1) is 16.8 Å². The molecule has 1 heterocycles. The van der Waals surface area contributed by atoms with Crippen LogP contribution in [0.15, 0.2) is 29.6 Å². The molecule has 1 saturated carbocycles. The van der Waals surface area contributed by atoms with Crippen LogP contribution in [0.5, 0.6) is 0 Å². The second-order valence-corrected chi connectivity index (χ2v) is 6.28. The van der Waals surface area contributed by atoms with Gasteiger partial charge in [-0.1, -0.05) is 12.1 Å². The Bertz CT molecular complexity index is 575. The summed E-state index contributed by atoms with van der Waals surface area (Å²) in [4.78, 5) is 4.54. The van der Waals surface area contributed by atoms with Crippen molar-refractivity contribution < 1.29 is 4.74 Å². The van der Waals surface area contributed by atoms with Crippen molar-refractivity contribution in [3.05, 3.63) is 34.7 Å². The van der Waals surface area contributed by atoms with Crippen molar-refractivity contribution in [3.8, 4) is 11.3 Å². The molecule has 1 aliphatic rings. The molecule has 1 aliphatic carbocycles. The first-order chi connectivity index (χ1) is 9.74. The minimum atomic E-state index is 0.446. The molecule has 106 valence electrons. The first-order valence-electron chi connectivity index (χ1n) is 7.15. The maximum Gasteiger partial charge on any atom is 0.0901 e. The van der Waals surface area contributed by atoms with E-state index in [1.54, 1.807) is 11.3 Å². The average Bonchev–Trinajstić information content (AvgIpc) is 2.84. The van der Waals surface area contributed by atoms with Gasteiger partial charge in [0.1, 0.15) is 0 Å². The van der Waals surface area contributed by atoms with Gasteiger partial charge in [-0.2, -0.15) is 0 Å². The Balaban J connectivity index is 1.64. The van der Waals surface area contributed by atoms with Crippen LogP contribution in [0.1, 0.15) is 24.8 Å². The monoisotopic (exact) mass is 288 g/mol. The van der Waals surface area contributed by atoms with Crippen molar-refractivity contribution >= 4 is 17.0 Å². The first-order valence-corrected chi connectivity index (χ1v) is 8.03. The van der Waals surface area contributed by atoms with Crippen LogP contribution < -0.4 is 5.32 Å². The highest BCUT2D eigenvalue weighted by molar-refractivity contribution is 7.09. The maximum absolute atomic E-state index is 5.59. The Morgan fingerprint density at radius 2 is 2.25 bits per heavy atom. The summed E-state index contributed by atoms with van der Waals surface area (Å²) in [5, 5.41) is 6.80. The van der Waals surface area contributed by atoms with E-state index in [0.717, 1.165) is 30.2 Å². The SMILES string of the molecule is CCOC1CC(Nc2cccc(-c3csc(C)n3)c2)C1. The van der Waals surface area contributed by atoms with E-state index >= 15 is 0 Å². The highest BCUT2D eigenvalue weighted by atomic mass is 32.1. The van der Waals surface area contributed by atoms with Crippen LogP contribution in [0.25, 0.3) is 11.3 Å². The number of aromatic nitrogens is 1. The number of nitrogens with one attached hydrogen (secondary N) is 1. The minimum absolute atomic E-state index is 0.446. The summed E-state index contributed by atoms with van der Waals surface area (Å²) in [5.74, 6) is 0. The summed E-state index contributed by atoms with van der Waals surface area (Å²) >= 11 is 1.69. The summed E-state index contributed by atoms with van der Waals surface area (Å²) in [6, 6.07) is 9.05. The van der Waals surface area contributed by atoms with E-state index in [0.29, 0.717) is 12.1 Å². The van der Waals surface area contributed by atoms with E-state index in [1.165, 1.54) is 11.3 Å². The van der Waals surface area contributed by atoms with Crippen LogP contribution >= 0.6 is 11.3 Å². The zero-order valence-electron chi connectivity index (χ0n) is 11.9. The standard InChI is InChI=1S/C16H20N2OS/c1-3-19-15-8-14(9-15)18-13-6-4-5-12(7-13)16-10-20-11(2)17-16/h4-7,10,14-15,18H,3,8-9H2,1-2H3. The van der Waals surface area contributed by atoms with Crippen LogP contribution in [0.3, 0.4) is 0 Å². The van der Waals surface area contributed by atoms with Crippen LogP contribution in [-0.4, -0.2) is 23.7 Å². The van der Waals surface area contributed by atoms with Gasteiger partial charge in [0.25, 0.3) is 0 Å². The van der Waals surface area contributed by atoms with Crippen molar-refractivity contribution in [2.75, 3.05) is 11.9 Å². The summed E-state index contributed by atoms with van der Waals surface area (Å²) in [6.07, 6.45) is 2.66. The van der Waals surface area contributed by atoms with Crippen molar-refractivity contribution in [1.29, 1.82) is 0 Å². The maximum atomic E-state index is 5.59. The molecule has 20 heavy (non-hydrogen) atoms. The van der Waals surface area contributed by atoms with Gasteiger partial charge in [0.15, 0.2) is 0 Å². The lowest BCUT2D eigenvalue weighted by molar-refractivity contribution is 0.00299. The number of aryl methyl sites for hydroxylation is 1. The number of nitrogens with zero attached hydrogens (tertiary/aromatic N) is 1. The zero-order chi connectivity index (χ0) is 13.9. The zero-order valence-corrected chi connectivity index (χ0v) is 12.7. The van der Waals surface area contributed by atoms with Crippen molar-refractivity contribution in [1.82, 2.24) is 4.98 Å². The van der Waals surface area contributed by atoms with Gasteiger partial charge >= 0.3 is 0 Å². The molecule has 0 saturated heterocycles. The number of thiazole rings is 1. The lowest BCUT2D eigenvalue weighted by Gasteiger charge is -2.36. The van der Waals surface area contributed by atoms with Gasteiger partial charge in [0.2, 0.25) is 0 Å². The molecule has 0 radical (unpaired) electrons. The Hall–Kier alpha value is -1.39. The molecule has 2 aromatic rings. The topological polar surface area (TPSA) is 34.1 Å². The van der Waals surface area contributed by atoms with Crippen molar-refractivity contribution in [3.63, 3.8) is 0 Å². The molecule has 0 spiro atoms. The minimum Gasteiger partial charge on any atom is -0.382 e. The number of benzene rings is 1. The Morgan fingerprint density at radius 3 is 2.95 bits per heavy atom. The predicted molar refractivity (Wildman–Crippen MR) is 84.3 cm³/mol. The van der Waals surface area contributed by atoms with Gasteiger partial charge in [-0.3, -0.25) is 0 Å². The Kier molecular flexibility index (Phi) is 4.03. The molecule has 4 heteroatoms. The number of rotatable bonds is 5. The molecule has 0 aliphatic heterocycles. The summed E-state index contributed by atoms with van der Waals surface area (Å²) in [5.41, 5.74) is 3.42. The van der Waals surface area contributed by atoms with Gasteiger partial charge < -0.3 is 10.1 Å². The van der Waals surface area contributed by atoms with E-state index in [4.69, 9.17) is 4.74 Å². The third kappa shape index (κ3) is 3.02. The second-order valence-electron chi connectivity index (χ2n) is 5.22. The Labute approximate surface area is 124 Å². The number of ether oxygens (including phenoxy) is 1.